The van der Waals surface area contributed by atoms with E-state index in [4.69, 9.17) is 4.74 Å². The normalized spacial score (nSPS) is 15.7. The van der Waals surface area contributed by atoms with Crippen LogP contribution in [0.15, 0.2) is 12.1 Å². The first-order valence-electron chi connectivity index (χ1n) is 7.50. The number of carbonyl (C=O) groups excluding carboxylic acids is 1. The Kier molecular flexibility index (Phi) is 3.92. The largest absolute Gasteiger partial charge is 0.466 e. The van der Waals surface area contributed by atoms with Gasteiger partial charge in [0.2, 0.25) is 0 Å². The molecule has 0 unspecified atom stereocenters. The van der Waals surface area contributed by atoms with Crippen LogP contribution in [0.5, 0.6) is 0 Å². The third-order valence-electron chi connectivity index (χ3n) is 4.00. The lowest BCUT2D eigenvalue weighted by atomic mass is 10.0. The van der Waals surface area contributed by atoms with E-state index in [1.165, 1.54) is 11.1 Å². The Morgan fingerprint density at radius 2 is 2.05 bits per heavy atom. The average molecular weight is 287 g/mol. The smallest absolute Gasteiger partial charge is 0.313 e. The topological polar surface area (TPSA) is 58.2 Å². The fraction of sp³-hybridized carbons (Fsp3) is 0.500. The molecule has 0 spiro atoms. The maximum Gasteiger partial charge on any atom is 0.313 e. The molecule has 0 saturated carbocycles. The summed E-state index contributed by atoms with van der Waals surface area (Å²) >= 11 is 0. The first-order chi connectivity index (χ1) is 10.2. The molecule has 1 N–H and O–H groups in total. The number of esters is 1. The van der Waals surface area contributed by atoms with Gasteiger partial charge in [-0.3, -0.25) is 4.79 Å². The minimum atomic E-state index is -0.236. The molecule has 0 saturated heterocycles. The van der Waals surface area contributed by atoms with Crippen molar-refractivity contribution in [2.24, 2.45) is 0 Å². The van der Waals surface area contributed by atoms with Crippen molar-refractivity contribution in [2.75, 3.05) is 26.7 Å². The van der Waals surface area contributed by atoms with Gasteiger partial charge in [0, 0.05) is 13.1 Å². The lowest BCUT2D eigenvalue weighted by Crippen LogP contribution is -2.20. The number of ether oxygens (including phenoxy) is 1. The number of nitrogens with one attached hydrogen (secondary N) is 1. The van der Waals surface area contributed by atoms with E-state index >= 15 is 0 Å². The number of hydrogen-bond donors (Lipinski definition) is 1. The molecule has 1 aliphatic heterocycles. The number of carbonyl (C=O) groups is 1. The summed E-state index contributed by atoms with van der Waals surface area (Å²) in [5.74, 6) is 0.445. The van der Waals surface area contributed by atoms with Crippen molar-refractivity contribution in [3.8, 4) is 0 Å². The highest BCUT2D eigenvalue weighted by Crippen LogP contribution is 2.22. The van der Waals surface area contributed by atoms with Crippen LogP contribution >= 0.6 is 0 Å². The van der Waals surface area contributed by atoms with E-state index in [0.717, 1.165) is 37.0 Å². The molecule has 112 valence electrons. The van der Waals surface area contributed by atoms with Gasteiger partial charge in [-0.15, -0.1) is 0 Å². The molecule has 0 atom stereocenters. The zero-order valence-corrected chi connectivity index (χ0v) is 12.6. The van der Waals surface area contributed by atoms with Crippen molar-refractivity contribution in [2.45, 2.75) is 26.2 Å². The SMILES string of the molecule is CCOC(=O)Cc1nc2cc3c(cc2[nH]1)CCN(C)CC3. The summed E-state index contributed by atoms with van der Waals surface area (Å²) < 4.78 is 4.97. The minimum Gasteiger partial charge on any atom is -0.466 e. The molecule has 21 heavy (non-hydrogen) atoms. The number of hydrogen-bond acceptors (Lipinski definition) is 4. The Balaban J connectivity index is 1.87. The highest BCUT2D eigenvalue weighted by atomic mass is 16.5. The fourth-order valence-corrected chi connectivity index (χ4v) is 2.83. The van der Waals surface area contributed by atoms with Gasteiger partial charge in [0.05, 0.1) is 17.6 Å². The average Bonchev–Trinajstić information content (AvgIpc) is 2.73. The molecule has 0 aliphatic carbocycles. The van der Waals surface area contributed by atoms with Gasteiger partial charge in [0.15, 0.2) is 0 Å². The van der Waals surface area contributed by atoms with Crippen molar-refractivity contribution < 1.29 is 9.53 Å². The molecule has 3 rings (SSSR count). The van der Waals surface area contributed by atoms with Gasteiger partial charge < -0.3 is 14.6 Å². The van der Waals surface area contributed by atoms with Crippen LogP contribution in [-0.4, -0.2) is 47.6 Å². The van der Waals surface area contributed by atoms with Gasteiger partial charge in [-0.05, 0) is 50.1 Å². The van der Waals surface area contributed by atoms with Crippen molar-refractivity contribution in [3.63, 3.8) is 0 Å². The Morgan fingerprint density at radius 3 is 2.76 bits per heavy atom. The zero-order valence-electron chi connectivity index (χ0n) is 12.6. The summed E-state index contributed by atoms with van der Waals surface area (Å²) in [6.45, 7) is 4.38. The lowest BCUT2D eigenvalue weighted by Gasteiger charge is -2.10. The molecule has 5 nitrogen and oxygen atoms in total. The van der Waals surface area contributed by atoms with Gasteiger partial charge >= 0.3 is 5.97 Å². The van der Waals surface area contributed by atoms with E-state index in [1.54, 1.807) is 0 Å². The van der Waals surface area contributed by atoms with E-state index in [2.05, 4.69) is 34.0 Å². The highest BCUT2D eigenvalue weighted by molar-refractivity contribution is 5.79. The number of nitrogens with zero attached hydrogens (tertiary/aromatic N) is 2. The van der Waals surface area contributed by atoms with Crippen molar-refractivity contribution in [3.05, 3.63) is 29.1 Å². The van der Waals surface area contributed by atoms with Gasteiger partial charge in [-0.1, -0.05) is 0 Å². The summed E-state index contributed by atoms with van der Waals surface area (Å²) in [5.41, 5.74) is 4.72. The Labute approximate surface area is 124 Å². The second-order valence-electron chi connectivity index (χ2n) is 5.61. The number of benzene rings is 1. The van der Waals surface area contributed by atoms with Crippen LogP contribution in [-0.2, 0) is 28.8 Å². The molecule has 0 amide bonds. The van der Waals surface area contributed by atoms with E-state index in [-0.39, 0.29) is 12.4 Å². The molecular weight excluding hydrogens is 266 g/mol. The molecule has 1 aromatic carbocycles. The number of likely N-dealkylation sites (N-methyl/N-ethyl adjacent to an activating group) is 1. The van der Waals surface area contributed by atoms with Crippen LogP contribution in [0.2, 0.25) is 0 Å². The summed E-state index contributed by atoms with van der Waals surface area (Å²) in [6.07, 6.45) is 2.33. The fourth-order valence-electron chi connectivity index (χ4n) is 2.83. The van der Waals surface area contributed by atoms with Gasteiger partial charge in [-0.25, -0.2) is 4.98 Å². The molecule has 0 fully saturated rings. The number of imidazole rings is 1. The van der Waals surface area contributed by atoms with Gasteiger partial charge in [-0.2, -0.15) is 0 Å². The first-order valence-corrected chi connectivity index (χ1v) is 7.50. The van der Waals surface area contributed by atoms with Crippen LogP contribution in [0.4, 0.5) is 0 Å². The van der Waals surface area contributed by atoms with Crippen molar-refractivity contribution >= 4 is 17.0 Å². The molecule has 1 aliphatic rings. The van der Waals surface area contributed by atoms with Gasteiger partial charge in [0.25, 0.3) is 0 Å². The molecule has 0 radical (unpaired) electrons. The summed E-state index contributed by atoms with van der Waals surface area (Å²) in [5, 5.41) is 0. The standard InChI is InChI=1S/C16H21N3O2/c1-3-21-16(20)10-15-17-13-8-11-4-6-19(2)7-5-12(11)9-14(13)18-15/h8-9H,3-7,10H2,1-2H3,(H,17,18). The number of fused-ring (bicyclic) bond motifs is 2. The number of aromatic nitrogens is 2. The molecule has 2 aromatic rings. The van der Waals surface area contributed by atoms with Crippen LogP contribution < -0.4 is 0 Å². The molecule has 2 heterocycles. The van der Waals surface area contributed by atoms with Gasteiger partial charge in [0.1, 0.15) is 12.2 Å². The number of H-pyrrole nitrogens is 1. The quantitative estimate of drug-likeness (QED) is 0.873. The monoisotopic (exact) mass is 287 g/mol. The third-order valence-corrected chi connectivity index (χ3v) is 4.00. The minimum absolute atomic E-state index is 0.204. The first kappa shape index (κ1) is 14.1. The van der Waals surface area contributed by atoms with Crippen LogP contribution in [0.3, 0.4) is 0 Å². The number of aromatic amines is 1. The maximum atomic E-state index is 11.5. The van der Waals surface area contributed by atoms with Crippen molar-refractivity contribution in [1.82, 2.24) is 14.9 Å². The predicted molar refractivity (Wildman–Crippen MR) is 81.3 cm³/mol. The maximum absolute atomic E-state index is 11.5. The van der Waals surface area contributed by atoms with Crippen LogP contribution in [0.1, 0.15) is 23.9 Å². The van der Waals surface area contributed by atoms with Crippen molar-refractivity contribution in [1.29, 1.82) is 0 Å². The summed E-state index contributed by atoms with van der Waals surface area (Å²) in [6, 6.07) is 4.35. The predicted octanol–water partition coefficient (Wildman–Crippen LogP) is 1.70. The number of rotatable bonds is 3. The lowest BCUT2D eigenvalue weighted by molar-refractivity contribution is -0.142. The van der Waals surface area contributed by atoms with E-state index < -0.39 is 0 Å². The van der Waals surface area contributed by atoms with E-state index in [1.807, 2.05) is 6.92 Å². The van der Waals surface area contributed by atoms with Crippen LogP contribution in [0.25, 0.3) is 11.0 Å². The molecular formula is C16H21N3O2. The highest BCUT2D eigenvalue weighted by Gasteiger charge is 2.15. The molecule has 0 bridgehead atoms. The summed E-state index contributed by atoms with van der Waals surface area (Å²) in [7, 11) is 2.16. The summed E-state index contributed by atoms with van der Waals surface area (Å²) in [4.78, 5) is 21.7. The second-order valence-corrected chi connectivity index (χ2v) is 5.61. The Morgan fingerprint density at radius 1 is 1.33 bits per heavy atom. The van der Waals surface area contributed by atoms with Crippen LogP contribution in [0, 0.1) is 0 Å². The Bertz CT molecular complexity index is 618. The Hall–Kier alpha value is -1.88. The van der Waals surface area contributed by atoms with E-state index in [0.29, 0.717) is 12.4 Å². The molecule has 5 heteroatoms. The third kappa shape index (κ3) is 3.08. The zero-order chi connectivity index (χ0) is 14.8. The second kappa shape index (κ2) is 5.85. The molecule has 1 aromatic heterocycles. The van der Waals surface area contributed by atoms with E-state index in [9.17, 15) is 4.79 Å².